The number of aromatic nitrogens is 2. The minimum atomic E-state index is -0.561. The van der Waals surface area contributed by atoms with Gasteiger partial charge < -0.3 is 15.0 Å². The van der Waals surface area contributed by atoms with E-state index in [0.29, 0.717) is 35.2 Å². The van der Waals surface area contributed by atoms with Crippen molar-refractivity contribution in [3.63, 3.8) is 0 Å². The average molecular weight is 407 g/mol. The molecule has 0 spiro atoms. The van der Waals surface area contributed by atoms with Crippen molar-refractivity contribution in [1.29, 1.82) is 0 Å². The van der Waals surface area contributed by atoms with Gasteiger partial charge in [0.05, 0.1) is 10.7 Å². The van der Waals surface area contributed by atoms with Crippen LogP contribution in [0.5, 0.6) is 0 Å². The molecular formula is C20H24ClFN4O2. The van der Waals surface area contributed by atoms with Crippen molar-refractivity contribution >= 4 is 23.5 Å². The molecule has 0 saturated carbocycles. The highest BCUT2D eigenvalue weighted by atomic mass is 35.5. The molecule has 8 heteroatoms. The molecule has 0 radical (unpaired) electrons. The lowest BCUT2D eigenvalue weighted by Gasteiger charge is -2.34. The fraction of sp³-hybridized carbons (Fsp3) is 0.450. The number of carbonyl (C=O) groups is 1. The third kappa shape index (κ3) is 5.32. The van der Waals surface area contributed by atoms with E-state index in [4.69, 9.17) is 16.3 Å². The zero-order valence-electron chi connectivity index (χ0n) is 16.2. The van der Waals surface area contributed by atoms with E-state index in [1.807, 2.05) is 20.8 Å². The van der Waals surface area contributed by atoms with Gasteiger partial charge in [-0.2, -0.15) is 4.39 Å². The van der Waals surface area contributed by atoms with E-state index in [9.17, 15) is 9.18 Å². The van der Waals surface area contributed by atoms with Crippen LogP contribution in [0.1, 0.15) is 33.6 Å². The summed E-state index contributed by atoms with van der Waals surface area (Å²) in [5.74, 6) is 0.0792. The number of anilines is 1. The van der Waals surface area contributed by atoms with Gasteiger partial charge in [-0.05, 0) is 51.8 Å². The van der Waals surface area contributed by atoms with Crippen LogP contribution in [0.2, 0.25) is 5.02 Å². The van der Waals surface area contributed by atoms with Gasteiger partial charge >= 0.3 is 6.09 Å². The summed E-state index contributed by atoms with van der Waals surface area (Å²) in [5.41, 5.74) is 0.570. The predicted octanol–water partition coefficient (Wildman–Crippen LogP) is 4.75. The molecule has 3 rings (SSSR count). The number of ether oxygens (including phenoxy) is 1. The molecule has 1 saturated heterocycles. The summed E-state index contributed by atoms with van der Waals surface area (Å²) in [7, 11) is 0. The Labute approximate surface area is 169 Å². The van der Waals surface area contributed by atoms with Crippen LogP contribution in [0.3, 0.4) is 0 Å². The first-order valence-corrected chi connectivity index (χ1v) is 9.62. The number of rotatable bonds is 3. The fourth-order valence-corrected chi connectivity index (χ4v) is 3.21. The molecule has 0 aromatic carbocycles. The topological polar surface area (TPSA) is 67.3 Å². The van der Waals surface area contributed by atoms with Crippen LogP contribution in [0.4, 0.5) is 15.0 Å². The van der Waals surface area contributed by atoms with Crippen molar-refractivity contribution in [2.75, 3.05) is 18.4 Å². The average Bonchev–Trinajstić information content (AvgIpc) is 2.62. The molecule has 0 aliphatic carbocycles. The molecule has 1 N–H and O–H groups in total. The van der Waals surface area contributed by atoms with E-state index >= 15 is 0 Å². The Hall–Kier alpha value is -2.41. The molecule has 2 aromatic rings. The molecule has 0 unspecified atom stereocenters. The van der Waals surface area contributed by atoms with Crippen molar-refractivity contribution in [2.45, 2.75) is 45.3 Å². The first-order valence-electron chi connectivity index (χ1n) is 9.24. The van der Waals surface area contributed by atoms with E-state index in [-0.39, 0.29) is 12.1 Å². The van der Waals surface area contributed by atoms with E-state index in [2.05, 4.69) is 15.3 Å². The van der Waals surface area contributed by atoms with E-state index < -0.39 is 11.5 Å². The van der Waals surface area contributed by atoms with Crippen LogP contribution >= 0.6 is 11.6 Å². The molecule has 2 aromatic heterocycles. The summed E-state index contributed by atoms with van der Waals surface area (Å²) in [6.45, 7) is 6.79. The number of pyridine rings is 2. The number of piperidine rings is 1. The number of nitrogens with zero attached hydrogens (tertiary/aromatic N) is 3. The Bertz CT molecular complexity index is 848. The molecule has 1 aliphatic rings. The number of hydrogen-bond donors (Lipinski definition) is 1. The first kappa shape index (κ1) is 20.3. The lowest BCUT2D eigenvalue weighted by Crippen LogP contribution is -2.44. The third-order valence-corrected chi connectivity index (χ3v) is 4.65. The van der Waals surface area contributed by atoms with Crippen LogP contribution in [0.25, 0.3) is 11.3 Å². The monoisotopic (exact) mass is 406 g/mol. The minimum Gasteiger partial charge on any atom is -0.444 e. The largest absolute Gasteiger partial charge is 0.444 e. The van der Waals surface area contributed by atoms with Crippen LogP contribution in [-0.2, 0) is 4.74 Å². The summed E-state index contributed by atoms with van der Waals surface area (Å²) < 4.78 is 18.9. The Morgan fingerprint density at radius 2 is 2.04 bits per heavy atom. The third-order valence-electron chi connectivity index (χ3n) is 4.35. The highest BCUT2D eigenvalue weighted by Gasteiger charge is 2.27. The van der Waals surface area contributed by atoms with Crippen LogP contribution in [-0.4, -0.2) is 45.7 Å². The van der Waals surface area contributed by atoms with Crippen LogP contribution in [0, 0.1) is 5.95 Å². The predicted molar refractivity (Wildman–Crippen MR) is 107 cm³/mol. The zero-order chi connectivity index (χ0) is 20.3. The van der Waals surface area contributed by atoms with Crippen molar-refractivity contribution < 1.29 is 13.9 Å². The van der Waals surface area contributed by atoms with Crippen molar-refractivity contribution in [3.05, 3.63) is 41.4 Å². The SMILES string of the molecule is CC(C)(C)OC(=O)N1CCC(Nc2cc(-c3cccc(F)n3)c(Cl)cn2)CC1. The van der Waals surface area contributed by atoms with Gasteiger partial charge in [0.15, 0.2) is 0 Å². The first-order chi connectivity index (χ1) is 13.2. The number of hydrogen-bond acceptors (Lipinski definition) is 5. The smallest absolute Gasteiger partial charge is 0.410 e. The molecule has 28 heavy (non-hydrogen) atoms. The lowest BCUT2D eigenvalue weighted by atomic mass is 10.1. The second-order valence-corrected chi connectivity index (χ2v) is 8.19. The summed E-state index contributed by atoms with van der Waals surface area (Å²) in [4.78, 5) is 22.1. The van der Waals surface area contributed by atoms with Gasteiger partial charge in [0.1, 0.15) is 11.4 Å². The Kier molecular flexibility index (Phi) is 6.03. The Morgan fingerprint density at radius 1 is 1.32 bits per heavy atom. The van der Waals surface area contributed by atoms with Gasteiger partial charge in [0.25, 0.3) is 0 Å². The lowest BCUT2D eigenvalue weighted by molar-refractivity contribution is 0.0210. The normalized spacial score (nSPS) is 15.4. The molecule has 0 atom stereocenters. The van der Waals surface area contributed by atoms with Crippen molar-refractivity contribution in [1.82, 2.24) is 14.9 Å². The maximum atomic E-state index is 13.4. The molecule has 1 amide bonds. The van der Waals surface area contributed by atoms with E-state index in [1.54, 1.807) is 23.1 Å². The maximum Gasteiger partial charge on any atom is 0.410 e. The number of amides is 1. The zero-order valence-corrected chi connectivity index (χ0v) is 17.0. The second kappa shape index (κ2) is 8.31. The number of halogens is 2. The van der Waals surface area contributed by atoms with Crippen molar-refractivity contribution in [3.8, 4) is 11.3 Å². The Balaban J connectivity index is 1.63. The Morgan fingerprint density at radius 3 is 2.68 bits per heavy atom. The summed E-state index contributed by atoms with van der Waals surface area (Å²) in [5, 5.41) is 3.78. The molecule has 0 bridgehead atoms. The molecular weight excluding hydrogens is 383 g/mol. The van der Waals surface area contributed by atoms with Gasteiger partial charge in [-0.1, -0.05) is 17.7 Å². The maximum absolute atomic E-state index is 13.4. The van der Waals surface area contributed by atoms with Gasteiger partial charge in [-0.3, -0.25) is 0 Å². The number of likely N-dealkylation sites (tertiary alicyclic amines) is 1. The molecule has 150 valence electrons. The van der Waals surface area contributed by atoms with Gasteiger partial charge in [-0.25, -0.2) is 14.8 Å². The van der Waals surface area contributed by atoms with Crippen molar-refractivity contribution in [2.24, 2.45) is 0 Å². The standard InChI is InChI=1S/C20H24ClFN4O2/c1-20(2,3)28-19(27)26-9-7-13(8-10-26)24-18-11-14(15(21)12-23-18)16-5-4-6-17(22)25-16/h4-6,11-13H,7-10H2,1-3H3,(H,23,24). The molecule has 6 nitrogen and oxygen atoms in total. The summed E-state index contributed by atoms with van der Waals surface area (Å²) in [6.07, 6.45) is 2.80. The van der Waals surface area contributed by atoms with Gasteiger partial charge in [0.2, 0.25) is 5.95 Å². The molecule has 3 heterocycles. The van der Waals surface area contributed by atoms with Gasteiger partial charge in [0, 0.05) is 30.9 Å². The summed E-state index contributed by atoms with van der Waals surface area (Å²) >= 11 is 6.22. The van der Waals surface area contributed by atoms with E-state index in [0.717, 1.165) is 12.8 Å². The highest BCUT2D eigenvalue weighted by Crippen LogP contribution is 2.29. The molecule has 1 aliphatic heterocycles. The van der Waals surface area contributed by atoms with Gasteiger partial charge in [-0.15, -0.1) is 0 Å². The quantitative estimate of drug-likeness (QED) is 0.745. The number of nitrogens with one attached hydrogen (secondary N) is 1. The van der Waals surface area contributed by atoms with Crippen LogP contribution < -0.4 is 5.32 Å². The van der Waals surface area contributed by atoms with Crippen LogP contribution in [0.15, 0.2) is 30.5 Å². The number of carbonyl (C=O) groups excluding carboxylic acids is 1. The fourth-order valence-electron chi connectivity index (χ4n) is 3.01. The highest BCUT2D eigenvalue weighted by molar-refractivity contribution is 6.33. The second-order valence-electron chi connectivity index (χ2n) is 7.78. The van der Waals surface area contributed by atoms with E-state index in [1.165, 1.54) is 12.3 Å². The molecule has 1 fully saturated rings. The minimum absolute atomic E-state index is 0.167. The summed E-state index contributed by atoms with van der Waals surface area (Å²) in [6, 6.07) is 6.52.